The lowest BCUT2D eigenvalue weighted by Crippen LogP contribution is -2.30. The molecule has 0 aliphatic heterocycles. The topological polar surface area (TPSA) is 96.2 Å². The van der Waals surface area contributed by atoms with Crippen molar-refractivity contribution in [3.05, 3.63) is 63.8 Å². The summed E-state index contributed by atoms with van der Waals surface area (Å²) in [6.07, 6.45) is 1.95. The third-order valence-electron chi connectivity index (χ3n) is 4.95. The lowest BCUT2D eigenvalue weighted by molar-refractivity contribution is -0.114. The van der Waals surface area contributed by atoms with E-state index in [1.54, 1.807) is 30.3 Å². The molecule has 0 spiro atoms. The van der Waals surface area contributed by atoms with Crippen molar-refractivity contribution in [1.82, 2.24) is 15.1 Å². The summed E-state index contributed by atoms with van der Waals surface area (Å²) in [6.45, 7) is 1.67. The Hall–Kier alpha value is -3.03. The van der Waals surface area contributed by atoms with Gasteiger partial charge in [0.2, 0.25) is 5.91 Å². The molecule has 3 N–H and O–H groups in total. The first-order valence-electron chi connectivity index (χ1n) is 9.75. The monoisotopic (exact) mass is 458 g/mol. The van der Waals surface area contributed by atoms with Crippen LogP contribution in [-0.2, 0) is 11.3 Å². The normalized spacial score (nSPS) is 13.1. The number of phenols is 1. The fraction of sp³-hybridized carbons (Fsp3) is 0.227. The Balaban J connectivity index is 1.60. The highest BCUT2D eigenvalue weighted by Crippen LogP contribution is 2.42. The minimum atomic E-state index is -0.378. The van der Waals surface area contributed by atoms with Crippen LogP contribution in [0.25, 0.3) is 11.3 Å². The van der Waals surface area contributed by atoms with E-state index in [9.17, 15) is 14.7 Å². The standard InChI is InChI=1S/C22H20Cl2N4O3/c1-12(29)26-15-5-7-21(30)16(9-15)19-10-20(14-3-4-14)28(27-19)22(31)25-11-13-2-6-17(23)18(24)8-13/h2,5-10,14,30H,3-4,11H2,1H3,(H,25,31)(H,26,29). The Kier molecular flexibility index (Phi) is 5.89. The van der Waals surface area contributed by atoms with Crippen LogP contribution >= 0.6 is 23.2 Å². The van der Waals surface area contributed by atoms with E-state index in [1.807, 2.05) is 6.07 Å². The summed E-state index contributed by atoms with van der Waals surface area (Å²) in [7, 11) is 0. The molecule has 4 rings (SSSR count). The molecule has 3 aromatic rings. The number of carbonyl (C=O) groups is 2. The van der Waals surface area contributed by atoms with Crippen LogP contribution in [-0.4, -0.2) is 26.8 Å². The molecule has 1 saturated carbocycles. The molecule has 160 valence electrons. The molecular formula is C22H20Cl2N4O3. The van der Waals surface area contributed by atoms with E-state index in [2.05, 4.69) is 15.7 Å². The van der Waals surface area contributed by atoms with Gasteiger partial charge in [-0.3, -0.25) is 4.79 Å². The summed E-state index contributed by atoms with van der Waals surface area (Å²) in [5.74, 6) is 0.0393. The number of amides is 2. The number of aromatic hydroxyl groups is 1. The van der Waals surface area contributed by atoms with Gasteiger partial charge in [-0.2, -0.15) is 9.78 Å². The zero-order chi connectivity index (χ0) is 22.1. The van der Waals surface area contributed by atoms with Crippen LogP contribution in [0.3, 0.4) is 0 Å². The Morgan fingerprint density at radius 2 is 1.90 bits per heavy atom. The van der Waals surface area contributed by atoms with Crippen LogP contribution in [0.1, 0.15) is 36.9 Å². The average molecular weight is 459 g/mol. The molecular weight excluding hydrogens is 439 g/mol. The highest BCUT2D eigenvalue weighted by atomic mass is 35.5. The van der Waals surface area contributed by atoms with E-state index in [-0.39, 0.29) is 30.2 Å². The predicted octanol–water partition coefficient (Wildman–Crippen LogP) is 5.16. The van der Waals surface area contributed by atoms with Crippen molar-refractivity contribution < 1.29 is 14.7 Å². The van der Waals surface area contributed by atoms with E-state index in [0.717, 1.165) is 24.1 Å². The van der Waals surface area contributed by atoms with Crippen molar-refractivity contribution >= 4 is 40.8 Å². The first kappa shape index (κ1) is 21.2. The second-order valence-electron chi connectivity index (χ2n) is 7.46. The van der Waals surface area contributed by atoms with E-state index >= 15 is 0 Å². The Morgan fingerprint density at radius 1 is 1.13 bits per heavy atom. The Morgan fingerprint density at radius 3 is 2.58 bits per heavy atom. The van der Waals surface area contributed by atoms with Crippen molar-refractivity contribution in [3.8, 4) is 17.0 Å². The maximum Gasteiger partial charge on any atom is 0.342 e. The summed E-state index contributed by atoms with van der Waals surface area (Å²) in [5, 5.41) is 21.2. The largest absolute Gasteiger partial charge is 0.507 e. The molecule has 31 heavy (non-hydrogen) atoms. The Bertz CT molecular complexity index is 1170. The molecule has 0 unspecified atom stereocenters. The summed E-state index contributed by atoms with van der Waals surface area (Å²) >= 11 is 12.0. The number of hydrogen-bond acceptors (Lipinski definition) is 4. The molecule has 7 nitrogen and oxygen atoms in total. The molecule has 2 aromatic carbocycles. The summed E-state index contributed by atoms with van der Waals surface area (Å²) < 4.78 is 1.34. The highest BCUT2D eigenvalue weighted by molar-refractivity contribution is 6.42. The number of halogens is 2. The van der Waals surface area contributed by atoms with Crippen LogP contribution in [0.4, 0.5) is 10.5 Å². The molecule has 1 aliphatic carbocycles. The van der Waals surface area contributed by atoms with Gasteiger partial charge in [-0.05, 0) is 54.8 Å². The number of phenolic OH excluding ortho intramolecular Hbond substituents is 1. The van der Waals surface area contributed by atoms with Crippen molar-refractivity contribution in [2.24, 2.45) is 0 Å². The van der Waals surface area contributed by atoms with E-state index < -0.39 is 0 Å². The molecule has 9 heteroatoms. The smallest absolute Gasteiger partial charge is 0.342 e. The van der Waals surface area contributed by atoms with Crippen LogP contribution in [0.5, 0.6) is 5.75 Å². The molecule has 0 saturated heterocycles. The van der Waals surface area contributed by atoms with Crippen LogP contribution in [0.15, 0.2) is 42.5 Å². The number of anilines is 1. The maximum absolute atomic E-state index is 12.9. The number of hydrogen-bond donors (Lipinski definition) is 3. The van der Waals surface area contributed by atoms with Gasteiger partial charge in [-0.15, -0.1) is 0 Å². The molecule has 2 amide bonds. The number of nitrogens with zero attached hydrogens (tertiary/aromatic N) is 2. The predicted molar refractivity (Wildman–Crippen MR) is 120 cm³/mol. The van der Waals surface area contributed by atoms with Gasteiger partial charge in [0.15, 0.2) is 0 Å². The van der Waals surface area contributed by atoms with E-state index in [4.69, 9.17) is 23.2 Å². The summed E-state index contributed by atoms with van der Waals surface area (Å²) in [6, 6.07) is 11.3. The summed E-state index contributed by atoms with van der Waals surface area (Å²) in [4.78, 5) is 24.2. The quantitative estimate of drug-likeness (QED) is 0.460. The molecule has 1 heterocycles. The van der Waals surface area contributed by atoms with Gasteiger partial charge < -0.3 is 15.7 Å². The molecule has 1 aromatic heterocycles. The number of nitrogens with one attached hydrogen (secondary N) is 2. The molecule has 0 radical (unpaired) electrons. The molecule has 0 bridgehead atoms. The number of aromatic nitrogens is 2. The van der Waals surface area contributed by atoms with E-state index in [0.29, 0.717) is 27.0 Å². The van der Waals surface area contributed by atoms with Crippen LogP contribution in [0.2, 0.25) is 10.0 Å². The third kappa shape index (κ3) is 4.84. The van der Waals surface area contributed by atoms with Crippen LogP contribution < -0.4 is 10.6 Å². The van der Waals surface area contributed by atoms with Gasteiger partial charge in [0, 0.05) is 30.6 Å². The third-order valence-corrected chi connectivity index (χ3v) is 5.68. The SMILES string of the molecule is CC(=O)Nc1ccc(O)c(-c2cc(C3CC3)n(C(=O)NCc3ccc(Cl)c(Cl)c3)n2)c1. The lowest BCUT2D eigenvalue weighted by atomic mass is 10.1. The van der Waals surface area contributed by atoms with Gasteiger partial charge in [0.25, 0.3) is 0 Å². The number of rotatable bonds is 5. The van der Waals surface area contributed by atoms with Crippen molar-refractivity contribution in [2.45, 2.75) is 32.2 Å². The zero-order valence-electron chi connectivity index (χ0n) is 16.7. The first-order chi connectivity index (χ1) is 14.8. The first-order valence-corrected chi connectivity index (χ1v) is 10.5. The fourth-order valence-corrected chi connectivity index (χ4v) is 3.60. The lowest BCUT2D eigenvalue weighted by Gasteiger charge is -2.09. The van der Waals surface area contributed by atoms with Crippen LogP contribution in [0, 0.1) is 0 Å². The summed E-state index contributed by atoms with van der Waals surface area (Å²) in [5.41, 5.74) is 3.02. The highest BCUT2D eigenvalue weighted by Gasteiger charge is 2.30. The van der Waals surface area contributed by atoms with Gasteiger partial charge in [-0.1, -0.05) is 29.3 Å². The number of benzene rings is 2. The number of carbonyl (C=O) groups excluding carboxylic acids is 2. The average Bonchev–Trinajstić information content (AvgIpc) is 3.48. The zero-order valence-corrected chi connectivity index (χ0v) is 18.2. The fourth-order valence-electron chi connectivity index (χ4n) is 3.28. The molecule has 0 atom stereocenters. The molecule has 1 aliphatic rings. The minimum Gasteiger partial charge on any atom is -0.507 e. The van der Waals surface area contributed by atoms with Gasteiger partial charge in [-0.25, -0.2) is 4.79 Å². The van der Waals surface area contributed by atoms with Crippen molar-refractivity contribution in [2.75, 3.05) is 5.32 Å². The van der Waals surface area contributed by atoms with Gasteiger partial charge >= 0.3 is 6.03 Å². The van der Waals surface area contributed by atoms with E-state index in [1.165, 1.54) is 17.7 Å². The van der Waals surface area contributed by atoms with Crippen molar-refractivity contribution in [3.63, 3.8) is 0 Å². The second-order valence-corrected chi connectivity index (χ2v) is 8.28. The maximum atomic E-state index is 12.9. The van der Waals surface area contributed by atoms with Gasteiger partial charge in [0.05, 0.1) is 21.4 Å². The van der Waals surface area contributed by atoms with Crippen molar-refractivity contribution in [1.29, 1.82) is 0 Å². The molecule has 1 fully saturated rings. The Labute approximate surface area is 189 Å². The van der Waals surface area contributed by atoms with Gasteiger partial charge in [0.1, 0.15) is 5.75 Å². The minimum absolute atomic E-state index is 0.0114. The second kappa shape index (κ2) is 8.61.